The summed E-state index contributed by atoms with van der Waals surface area (Å²) < 4.78 is 11.7. The van der Waals surface area contributed by atoms with Crippen molar-refractivity contribution in [1.82, 2.24) is 10.2 Å². The van der Waals surface area contributed by atoms with Crippen LogP contribution in [0, 0.1) is 0 Å². The summed E-state index contributed by atoms with van der Waals surface area (Å²) in [7, 11) is 0. The molecule has 0 saturated carbocycles. The predicted octanol–water partition coefficient (Wildman–Crippen LogP) is 5.40. The van der Waals surface area contributed by atoms with Crippen LogP contribution in [0.3, 0.4) is 0 Å². The fourth-order valence-corrected chi connectivity index (χ4v) is 3.39. The molecule has 0 saturated heterocycles. The number of nitrogens with zero attached hydrogens (tertiary/aromatic N) is 1. The molecule has 4 nitrogen and oxygen atoms in total. The van der Waals surface area contributed by atoms with E-state index in [2.05, 4.69) is 30.1 Å². The number of likely N-dealkylation sites (N-methyl/N-ethyl adjacent to an activating group) is 1. The maximum Gasteiger partial charge on any atom is 0.161 e. The van der Waals surface area contributed by atoms with Crippen molar-refractivity contribution >= 4 is 23.2 Å². The summed E-state index contributed by atoms with van der Waals surface area (Å²) in [6.45, 7) is 12.1. The number of hydrogen-bond acceptors (Lipinski definition) is 4. The number of nitrogens with one attached hydrogen (secondary N) is 1. The molecule has 0 heterocycles. The normalized spacial score (nSPS) is 11.1. The molecule has 0 aliphatic carbocycles. The highest BCUT2D eigenvalue weighted by Crippen LogP contribution is 2.31. The van der Waals surface area contributed by atoms with E-state index in [9.17, 15) is 0 Å². The topological polar surface area (TPSA) is 33.7 Å². The molecule has 0 aromatic heterocycles. The number of halogens is 2. The lowest BCUT2D eigenvalue weighted by Crippen LogP contribution is -2.31. The summed E-state index contributed by atoms with van der Waals surface area (Å²) in [6, 6.07) is 11.5. The van der Waals surface area contributed by atoms with E-state index in [1.165, 1.54) is 0 Å². The molecule has 0 atom stereocenters. The lowest BCUT2D eigenvalue weighted by molar-refractivity contribution is 0.269. The second kappa shape index (κ2) is 12.2. The van der Waals surface area contributed by atoms with Crippen LogP contribution in [0.4, 0.5) is 0 Å². The van der Waals surface area contributed by atoms with Crippen molar-refractivity contribution in [3.05, 3.63) is 57.6 Å². The molecular weight excluding hydrogens is 395 g/mol. The van der Waals surface area contributed by atoms with Gasteiger partial charge >= 0.3 is 0 Å². The minimum Gasteiger partial charge on any atom is -0.490 e. The molecule has 1 N–H and O–H groups in total. The van der Waals surface area contributed by atoms with E-state index in [1.807, 2.05) is 37.3 Å². The first-order valence-electron chi connectivity index (χ1n) is 9.83. The average molecular weight is 425 g/mol. The zero-order chi connectivity index (χ0) is 20.4. The van der Waals surface area contributed by atoms with E-state index >= 15 is 0 Å². The minimum absolute atomic E-state index is 0.292. The molecular formula is C22H30Cl2N2O2. The van der Waals surface area contributed by atoms with Crippen LogP contribution in [0.1, 0.15) is 31.9 Å². The molecule has 28 heavy (non-hydrogen) atoms. The van der Waals surface area contributed by atoms with Gasteiger partial charge in [0.05, 0.1) is 6.61 Å². The third-order valence-electron chi connectivity index (χ3n) is 4.57. The van der Waals surface area contributed by atoms with E-state index < -0.39 is 0 Å². The number of rotatable bonds is 12. The van der Waals surface area contributed by atoms with Gasteiger partial charge in [-0.15, -0.1) is 0 Å². The smallest absolute Gasteiger partial charge is 0.161 e. The Morgan fingerprint density at radius 3 is 2.29 bits per heavy atom. The van der Waals surface area contributed by atoms with Gasteiger partial charge in [-0.1, -0.05) is 49.2 Å². The zero-order valence-corrected chi connectivity index (χ0v) is 18.4. The molecule has 0 aliphatic rings. The summed E-state index contributed by atoms with van der Waals surface area (Å²) in [6.07, 6.45) is 0. The molecule has 2 aromatic carbocycles. The van der Waals surface area contributed by atoms with Gasteiger partial charge in [-0.3, -0.25) is 0 Å². The number of hydrogen-bond donors (Lipinski definition) is 1. The van der Waals surface area contributed by atoms with E-state index in [4.69, 9.17) is 32.7 Å². The molecule has 0 radical (unpaired) electrons. The summed E-state index contributed by atoms with van der Waals surface area (Å²) in [5.41, 5.74) is 1.93. The highest BCUT2D eigenvalue weighted by atomic mass is 35.5. The Morgan fingerprint density at radius 2 is 1.64 bits per heavy atom. The van der Waals surface area contributed by atoms with Crippen LogP contribution in [0.5, 0.6) is 11.5 Å². The van der Waals surface area contributed by atoms with Crippen molar-refractivity contribution in [2.75, 3.05) is 32.8 Å². The number of ether oxygens (including phenoxy) is 2. The van der Waals surface area contributed by atoms with Crippen molar-refractivity contribution in [3.63, 3.8) is 0 Å². The molecule has 0 bridgehead atoms. The average Bonchev–Trinajstić information content (AvgIpc) is 2.69. The summed E-state index contributed by atoms with van der Waals surface area (Å²) in [5, 5.41) is 4.68. The van der Waals surface area contributed by atoms with Gasteiger partial charge < -0.3 is 19.7 Å². The monoisotopic (exact) mass is 424 g/mol. The first-order valence-corrected chi connectivity index (χ1v) is 10.6. The van der Waals surface area contributed by atoms with E-state index in [0.717, 1.165) is 49.6 Å². The molecule has 0 amide bonds. The largest absolute Gasteiger partial charge is 0.490 e. The molecule has 154 valence electrons. The van der Waals surface area contributed by atoms with Crippen molar-refractivity contribution < 1.29 is 9.47 Å². The zero-order valence-electron chi connectivity index (χ0n) is 16.9. The maximum absolute atomic E-state index is 6.23. The first-order chi connectivity index (χ1) is 13.6. The van der Waals surface area contributed by atoms with Gasteiger partial charge in [0.25, 0.3) is 0 Å². The molecule has 0 fully saturated rings. The van der Waals surface area contributed by atoms with Gasteiger partial charge in [0.1, 0.15) is 6.61 Å². The summed E-state index contributed by atoms with van der Waals surface area (Å²) in [4.78, 5) is 2.40. The quantitative estimate of drug-likeness (QED) is 0.462. The van der Waals surface area contributed by atoms with Crippen LogP contribution in [0.15, 0.2) is 36.4 Å². The van der Waals surface area contributed by atoms with Crippen molar-refractivity contribution in [1.29, 1.82) is 0 Å². The third kappa shape index (κ3) is 6.85. The van der Waals surface area contributed by atoms with Crippen LogP contribution < -0.4 is 14.8 Å². The third-order valence-corrected chi connectivity index (χ3v) is 5.28. The van der Waals surface area contributed by atoms with Gasteiger partial charge in [-0.05, 0) is 49.8 Å². The predicted molar refractivity (Wildman–Crippen MR) is 118 cm³/mol. The van der Waals surface area contributed by atoms with E-state index in [1.54, 1.807) is 0 Å². The molecule has 0 spiro atoms. The Kier molecular flexibility index (Phi) is 9.93. The summed E-state index contributed by atoms with van der Waals surface area (Å²) in [5.74, 6) is 1.42. The van der Waals surface area contributed by atoms with Gasteiger partial charge in [-0.25, -0.2) is 0 Å². The fourth-order valence-electron chi connectivity index (χ4n) is 2.88. The Hall–Kier alpha value is -1.46. The van der Waals surface area contributed by atoms with Crippen LogP contribution >= 0.6 is 23.2 Å². The molecule has 6 heteroatoms. The van der Waals surface area contributed by atoms with Crippen LogP contribution in [-0.4, -0.2) is 37.7 Å². The molecule has 2 aromatic rings. The Bertz CT molecular complexity index is 716. The van der Waals surface area contributed by atoms with Gasteiger partial charge in [-0.2, -0.15) is 0 Å². The summed E-state index contributed by atoms with van der Waals surface area (Å²) >= 11 is 12.5. The SMILES string of the molecule is CCOc1cc(CNCCN(CC)CC)ccc1OCc1c(Cl)cccc1Cl. The minimum atomic E-state index is 0.292. The first kappa shape index (κ1) is 22.8. The number of benzene rings is 2. The van der Waals surface area contributed by atoms with E-state index in [0.29, 0.717) is 29.0 Å². The highest BCUT2D eigenvalue weighted by Gasteiger charge is 2.10. The van der Waals surface area contributed by atoms with Crippen molar-refractivity contribution in [2.24, 2.45) is 0 Å². The Balaban J connectivity index is 1.98. The van der Waals surface area contributed by atoms with E-state index in [-0.39, 0.29) is 0 Å². The lowest BCUT2D eigenvalue weighted by Gasteiger charge is -2.18. The van der Waals surface area contributed by atoms with Gasteiger partial charge in [0.15, 0.2) is 11.5 Å². The van der Waals surface area contributed by atoms with Crippen molar-refractivity contribution in [3.8, 4) is 11.5 Å². The fraction of sp³-hybridized carbons (Fsp3) is 0.455. The Morgan fingerprint density at radius 1 is 0.929 bits per heavy atom. The lowest BCUT2D eigenvalue weighted by atomic mass is 10.2. The van der Waals surface area contributed by atoms with Crippen molar-refractivity contribution in [2.45, 2.75) is 33.9 Å². The highest BCUT2D eigenvalue weighted by molar-refractivity contribution is 6.35. The second-order valence-electron chi connectivity index (χ2n) is 6.41. The second-order valence-corrected chi connectivity index (χ2v) is 7.22. The molecule has 0 aliphatic heterocycles. The standard InChI is InChI=1S/C22H30Cl2N2O2/c1-4-26(5-2)13-12-25-15-17-10-11-21(22(14-17)27-6-3)28-16-18-19(23)8-7-9-20(18)24/h7-11,14,25H,4-6,12-13,15-16H2,1-3H3. The maximum atomic E-state index is 6.23. The van der Waals surface area contributed by atoms with Gasteiger partial charge in [0, 0.05) is 35.2 Å². The molecule has 0 unspecified atom stereocenters. The van der Waals surface area contributed by atoms with Crippen LogP contribution in [0.25, 0.3) is 0 Å². The van der Waals surface area contributed by atoms with Crippen LogP contribution in [-0.2, 0) is 13.2 Å². The van der Waals surface area contributed by atoms with Gasteiger partial charge in [0.2, 0.25) is 0 Å². The Labute approximate surface area is 178 Å². The molecule has 2 rings (SSSR count). The van der Waals surface area contributed by atoms with Crippen LogP contribution in [0.2, 0.25) is 10.0 Å².